The SMILES string of the molecule is CCCCCCCCCCCCCCCCCCN(C(CC(=O)O)C(=O)O)S(=O)[O-]. The topological polar surface area (TPSA) is 118 Å². The van der Waals surface area contributed by atoms with E-state index in [4.69, 9.17) is 10.2 Å². The summed E-state index contributed by atoms with van der Waals surface area (Å²) in [6, 6.07) is -1.54. The molecule has 2 N–H and O–H groups in total. The van der Waals surface area contributed by atoms with Crippen LogP contribution in [-0.4, -0.2) is 47.8 Å². The van der Waals surface area contributed by atoms with E-state index >= 15 is 0 Å². The second-order valence-electron chi connectivity index (χ2n) is 8.11. The van der Waals surface area contributed by atoms with E-state index in [-0.39, 0.29) is 6.54 Å². The zero-order valence-corrected chi connectivity index (χ0v) is 19.5. The first kappa shape index (κ1) is 29.0. The van der Waals surface area contributed by atoms with Gasteiger partial charge in [-0.05, 0) is 6.42 Å². The molecule has 0 spiro atoms. The van der Waals surface area contributed by atoms with E-state index in [0.717, 1.165) is 23.6 Å². The molecule has 2 unspecified atom stereocenters. The zero-order chi connectivity index (χ0) is 22.6. The summed E-state index contributed by atoms with van der Waals surface area (Å²) in [5.41, 5.74) is 0. The number of nitrogens with zero attached hydrogens (tertiary/aromatic N) is 1. The third-order valence-corrected chi connectivity index (χ3v) is 6.24. The molecule has 2 atom stereocenters. The first-order chi connectivity index (χ1) is 14.4. The van der Waals surface area contributed by atoms with Crippen molar-refractivity contribution in [1.29, 1.82) is 0 Å². The lowest BCUT2D eigenvalue weighted by atomic mass is 10.0. The first-order valence-electron chi connectivity index (χ1n) is 11.7. The molecule has 30 heavy (non-hydrogen) atoms. The van der Waals surface area contributed by atoms with Gasteiger partial charge in [0.15, 0.2) is 0 Å². The predicted molar refractivity (Wildman–Crippen MR) is 119 cm³/mol. The van der Waals surface area contributed by atoms with Crippen molar-refractivity contribution in [2.75, 3.05) is 6.54 Å². The van der Waals surface area contributed by atoms with Crippen LogP contribution < -0.4 is 0 Å². The minimum absolute atomic E-state index is 0.0405. The van der Waals surface area contributed by atoms with Crippen molar-refractivity contribution < 1.29 is 28.6 Å². The summed E-state index contributed by atoms with van der Waals surface area (Å²) in [6.07, 6.45) is 18.5. The smallest absolute Gasteiger partial charge is 0.322 e. The summed E-state index contributed by atoms with van der Waals surface area (Å²) in [5, 5.41) is 17.9. The minimum atomic E-state index is -2.75. The van der Waals surface area contributed by atoms with Gasteiger partial charge in [-0.1, -0.05) is 103 Å². The highest BCUT2D eigenvalue weighted by Gasteiger charge is 2.28. The van der Waals surface area contributed by atoms with Gasteiger partial charge in [0.05, 0.1) is 6.42 Å². The number of carboxylic acids is 2. The molecule has 0 bridgehead atoms. The van der Waals surface area contributed by atoms with E-state index in [2.05, 4.69) is 6.92 Å². The number of hydrogen-bond donors (Lipinski definition) is 2. The van der Waals surface area contributed by atoms with Crippen molar-refractivity contribution in [1.82, 2.24) is 4.31 Å². The fraction of sp³-hybridized carbons (Fsp3) is 0.909. The Balaban J connectivity index is 3.65. The number of unbranched alkanes of at least 4 members (excludes halogenated alkanes) is 15. The lowest BCUT2D eigenvalue weighted by Crippen LogP contribution is -2.44. The number of rotatable bonds is 22. The molecule has 0 fully saturated rings. The highest BCUT2D eigenvalue weighted by Crippen LogP contribution is 2.15. The van der Waals surface area contributed by atoms with Crippen LogP contribution in [0.4, 0.5) is 0 Å². The number of carboxylic acid groups (broad SMARTS) is 2. The summed E-state index contributed by atoms with van der Waals surface area (Å²) >= 11 is -2.75. The molecule has 7 nitrogen and oxygen atoms in total. The first-order valence-corrected chi connectivity index (χ1v) is 12.7. The average molecular weight is 449 g/mol. The average Bonchev–Trinajstić information content (AvgIpc) is 2.68. The molecule has 0 aliphatic carbocycles. The van der Waals surface area contributed by atoms with Gasteiger partial charge in [-0.25, -0.2) is 4.31 Å². The molecular weight excluding hydrogens is 406 g/mol. The zero-order valence-electron chi connectivity index (χ0n) is 18.7. The van der Waals surface area contributed by atoms with Crippen molar-refractivity contribution in [3.63, 3.8) is 0 Å². The minimum Gasteiger partial charge on any atom is -0.760 e. The highest BCUT2D eigenvalue weighted by atomic mass is 32.2. The second-order valence-corrected chi connectivity index (χ2v) is 9.02. The Morgan fingerprint density at radius 3 is 1.43 bits per heavy atom. The van der Waals surface area contributed by atoms with Gasteiger partial charge < -0.3 is 14.8 Å². The molecule has 0 aromatic rings. The molecule has 0 saturated carbocycles. The second kappa shape index (κ2) is 19.9. The van der Waals surface area contributed by atoms with Crippen LogP contribution in [0.3, 0.4) is 0 Å². The molecular formula is C22H42NO6S-. The molecule has 0 saturated heterocycles. The van der Waals surface area contributed by atoms with Crippen LogP contribution >= 0.6 is 0 Å². The van der Waals surface area contributed by atoms with Crippen LogP contribution in [-0.2, 0) is 20.9 Å². The molecule has 0 aromatic carbocycles. The molecule has 0 aromatic heterocycles. The van der Waals surface area contributed by atoms with E-state index in [1.165, 1.54) is 77.0 Å². The quantitative estimate of drug-likeness (QED) is 0.172. The van der Waals surface area contributed by atoms with Crippen LogP contribution in [0.25, 0.3) is 0 Å². The monoisotopic (exact) mass is 448 g/mol. The summed E-state index contributed by atoms with van der Waals surface area (Å²) in [7, 11) is 0. The third kappa shape index (κ3) is 16.8. The summed E-state index contributed by atoms with van der Waals surface area (Å²) in [6.45, 7) is 2.28. The van der Waals surface area contributed by atoms with Crippen LogP contribution in [0, 0.1) is 0 Å². The Kier molecular flexibility index (Phi) is 19.3. The maximum Gasteiger partial charge on any atom is 0.322 e. The van der Waals surface area contributed by atoms with Gasteiger partial charge in [0.1, 0.15) is 6.04 Å². The van der Waals surface area contributed by atoms with Crippen LogP contribution in [0.15, 0.2) is 0 Å². The Hall–Kier alpha value is -0.990. The number of hydrogen-bond acceptors (Lipinski definition) is 4. The van der Waals surface area contributed by atoms with E-state index in [0.29, 0.717) is 6.42 Å². The fourth-order valence-electron chi connectivity index (χ4n) is 3.63. The lowest BCUT2D eigenvalue weighted by molar-refractivity contribution is -0.148. The Bertz CT molecular complexity index is 475. The molecule has 0 aliphatic heterocycles. The number of aliphatic carboxylic acids is 2. The fourth-order valence-corrected chi connectivity index (χ4v) is 4.28. The number of carbonyl (C=O) groups is 2. The maximum atomic E-state index is 11.3. The van der Waals surface area contributed by atoms with Crippen molar-refractivity contribution in [2.24, 2.45) is 0 Å². The van der Waals surface area contributed by atoms with Crippen LogP contribution in [0.5, 0.6) is 0 Å². The van der Waals surface area contributed by atoms with Gasteiger partial charge in [0, 0.05) is 17.8 Å². The molecule has 0 amide bonds. The van der Waals surface area contributed by atoms with Gasteiger partial charge in [0.2, 0.25) is 0 Å². The van der Waals surface area contributed by atoms with Crippen molar-refractivity contribution in [3.05, 3.63) is 0 Å². The highest BCUT2D eigenvalue weighted by molar-refractivity contribution is 7.76. The van der Waals surface area contributed by atoms with Crippen LogP contribution in [0.2, 0.25) is 0 Å². The molecule has 0 heterocycles. The summed E-state index contributed by atoms with van der Waals surface area (Å²) < 4.78 is 23.3. The van der Waals surface area contributed by atoms with E-state index < -0.39 is 35.7 Å². The molecule has 8 heteroatoms. The summed E-state index contributed by atoms with van der Waals surface area (Å²) in [5.74, 6) is -2.76. The molecule has 0 rings (SSSR count). The summed E-state index contributed by atoms with van der Waals surface area (Å²) in [4.78, 5) is 21.9. The predicted octanol–water partition coefficient (Wildman–Crippen LogP) is 5.27. The van der Waals surface area contributed by atoms with E-state index in [1.54, 1.807) is 0 Å². The molecule has 0 aliphatic rings. The van der Waals surface area contributed by atoms with Crippen molar-refractivity contribution >= 4 is 23.2 Å². The van der Waals surface area contributed by atoms with E-state index in [9.17, 15) is 18.4 Å². The lowest BCUT2D eigenvalue weighted by Gasteiger charge is -2.29. The normalized spacial score (nSPS) is 13.4. The van der Waals surface area contributed by atoms with Gasteiger partial charge in [-0.15, -0.1) is 0 Å². The Morgan fingerprint density at radius 2 is 1.13 bits per heavy atom. The Morgan fingerprint density at radius 1 is 0.767 bits per heavy atom. The Labute approximate surface area is 185 Å². The van der Waals surface area contributed by atoms with Gasteiger partial charge in [-0.2, -0.15) is 0 Å². The molecule has 0 radical (unpaired) electrons. The third-order valence-electron chi connectivity index (χ3n) is 5.42. The van der Waals surface area contributed by atoms with Crippen molar-refractivity contribution in [3.8, 4) is 0 Å². The van der Waals surface area contributed by atoms with Crippen LogP contribution in [0.1, 0.15) is 116 Å². The van der Waals surface area contributed by atoms with Gasteiger partial charge in [-0.3, -0.25) is 13.8 Å². The van der Waals surface area contributed by atoms with Gasteiger partial charge in [0.25, 0.3) is 0 Å². The van der Waals surface area contributed by atoms with Gasteiger partial charge >= 0.3 is 11.9 Å². The standard InChI is InChI=1S/C22H43NO6S/c1-2-3-4-5-6-7-8-9-10-11-12-13-14-15-16-17-18-23(30(28)29)20(22(26)27)19-21(24)25/h20H,2-19H2,1H3,(H,24,25)(H,26,27)(H,28,29)/p-1. The van der Waals surface area contributed by atoms with E-state index in [1.807, 2.05) is 0 Å². The van der Waals surface area contributed by atoms with Crippen molar-refractivity contribution in [2.45, 2.75) is 122 Å². The molecule has 178 valence electrons. The maximum absolute atomic E-state index is 11.3. The largest absolute Gasteiger partial charge is 0.760 e.